The molecule has 0 saturated carbocycles. The molecule has 0 aromatic carbocycles. The molecule has 0 atom stereocenters. The number of hydrogen-bond donors (Lipinski definition) is 1. The number of pyridine rings is 2. The van der Waals surface area contributed by atoms with E-state index in [1.54, 1.807) is 24.4 Å². The van der Waals surface area contributed by atoms with Crippen molar-refractivity contribution >= 4 is 5.97 Å². The first-order chi connectivity index (χ1) is 9.50. The van der Waals surface area contributed by atoms with Crippen LogP contribution in [0, 0.1) is 5.92 Å². The second-order valence-corrected chi connectivity index (χ2v) is 4.96. The minimum atomic E-state index is -1.21. The SMILES string of the molecule is CC(C)Cn1c(-c2ccccn2)ccc(C(=O)O)c1=O. The fraction of sp³-hybridized carbons (Fsp3) is 0.267. The van der Waals surface area contributed by atoms with Gasteiger partial charge in [0.15, 0.2) is 0 Å². The lowest BCUT2D eigenvalue weighted by Crippen LogP contribution is -2.29. The summed E-state index contributed by atoms with van der Waals surface area (Å²) in [6, 6.07) is 8.39. The third-order valence-electron chi connectivity index (χ3n) is 2.88. The summed E-state index contributed by atoms with van der Waals surface area (Å²) in [6.45, 7) is 4.40. The van der Waals surface area contributed by atoms with Crippen molar-refractivity contribution in [3.63, 3.8) is 0 Å². The van der Waals surface area contributed by atoms with Crippen LogP contribution in [0.1, 0.15) is 24.2 Å². The highest BCUT2D eigenvalue weighted by atomic mass is 16.4. The molecule has 0 unspecified atom stereocenters. The van der Waals surface area contributed by atoms with Gasteiger partial charge in [0.1, 0.15) is 5.56 Å². The maximum atomic E-state index is 12.3. The van der Waals surface area contributed by atoms with Crippen molar-refractivity contribution in [2.75, 3.05) is 0 Å². The first-order valence-electron chi connectivity index (χ1n) is 6.39. The molecule has 5 nitrogen and oxygen atoms in total. The fourth-order valence-corrected chi connectivity index (χ4v) is 2.03. The molecule has 0 amide bonds. The fourth-order valence-electron chi connectivity index (χ4n) is 2.03. The lowest BCUT2D eigenvalue weighted by molar-refractivity contribution is 0.0694. The molecule has 0 radical (unpaired) electrons. The maximum absolute atomic E-state index is 12.3. The molecular weight excluding hydrogens is 256 g/mol. The molecule has 0 aliphatic rings. The van der Waals surface area contributed by atoms with E-state index in [0.29, 0.717) is 17.9 Å². The van der Waals surface area contributed by atoms with Crippen molar-refractivity contribution in [2.45, 2.75) is 20.4 Å². The molecule has 0 saturated heterocycles. The van der Waals surface area contributed by atoms with E-state index < -0.39 is 11.5 Å². The monoisotopic (exact) mass is 272 g/mol. The highest BCUT2D eigenvalue weighted by molar-refractivity contribution is 5.87. The van der Waals surface area contributed by atoms with E-state index in [9.17, 15) is 9.59 Å². The van der Waals surface area contributed by atoms with Crippen LogP contribution in [0.2, 0.25) is 0 Å². The molecule has 0 spiro atoms. The third kappa shape index (κ3) is 2.77. The summed E-state index contributed by atoms with van der Waals surface area (Å²) in [4.78, 5) is 27.6. The van der Waals surface area contributed by atoms with Gasteiger partial charge in [-0.05, 0) is 30.2 Å². The molecule has 2 aromatic heterocycles. The van der Waals surface area contributed by atoms with Gasteiger partial charge in [-0.3, -0.25) is 9.78 Å². The second kappa shape index (κ2) is 5.69. The lowest BCUT2D eigenvalue weighted by atomic mass is 10.1. The zero-order chi connectivity index (χ0) is 14.7. The predicted octanol–water partition coefficient (Wildman–Crippen LogP) is 2.26. The predicted molar refractivity (Wildman–Crippen MR) is 75.7 cm³/mol. The Morgan fingerprint density at radius 3 is 2.60 bits per heavy atom. The van der Waals surface area contributed by atoms with Crippen LogP contribution < -0.4 is 5.56 Å². The molecule has 2 aromatic rings. The Morgan fingerprint density at radius 2 is 2.05 bits per heavy atom. The number of hydrogen-bond acceptors (Lipinski definition) is 3. The van der Waals surface area contributed by atoms with E-state index in [-0.39, 0.29) is 11.5 Å². The number of rotatable bonds is 4. The molecule has 1 N–H and O–H groups in total. The minimum absolute atomic E-state index is 0.217. The summed E-state index contributed by atoms with van der Waals surface area (Å²) in [5.74, 6) is -0.987. The van der Waals surface area contributed by atoms with Crippen LogP contribution in [-0.4, -0.2) is 20.6 Å². The molecule has 0 fully saturated rings. The number of aromatic nitrogens is 2. The Balaban J connectivity index is 2.66. The van der Waals surface area contributed by atoms with Gasteiger partial charge in [0, 0.05) is 12.7 Å². The Morgan fingerprint density at radius 1 is 1.30 bits per heavy atom. The van der Waals surface area contributed by atoms with Crippen molar-refractivity contribution < 1.29 is 9.90 Å². The lowest BCUT2D eigenvalue weighted by Gasteiger charge is -2.15. The first-order valence-corrected chi connectivity index (χ1v) is 6.39. The molecule has 2 rings (SSSR count). The van der Waals surface area contributed by atoms with Gasteiger partial charge in [0.05, 0.1) is 11.4 Å². The van der Waals surface area contributed by atoms with E-state index in [4.69, 9.17) is 5.11 Å². The van der Waals surface area contributed by atoms with E-state index in [2.05, 4.69) is 4.98 Å². The number of aromatic carboxylic acids is 1. The van der Waals surface area contributed by atoms with Crippen molar-refractivity contribution in [3.05, 3.63) is 52.4 Å². The normalized spacial score (nSPS) is 10.8. The average molecular weight is 272 g/mol. The van der Waals surface area contributed by atoms with Gasteiger partial charge in [-0.25, -0.2) is 4.79 Å². The molecule has 104 valence electrons. The van der Waals surface area contributed by atoms with E-state index in [0.717, 1.165) is 0 Å². The molecule has 2 heterocycles. The summed E-state index contributed by atoms with van der Waals surface area (Å²) >= 11 is 0. The quantitative estimate of drug-likeness (QED) is 0.926. The highest BCUT2D eigenvalue weighted by Crippen LogP contribution is 2.16. The number of carboxylic acids is 1. The Bertz CT molecular complexity index is 675. The van der Waals surface area contributed by atoms with E-state index in [1.807, 2.05) is 19.9 Å². The van der Waals surface area contributed by atoms with Crippen molar-refractivity contribution in [1.82, 2.24) is 9.55 Å². The van der Waals surface area contributed by atoms with Crippen LogP contribution in [0.3, 0.4) is 0 Å². The van der Waals surface area contributed by atoms with Crippen LogP contribution in [0.4, 0.5) is 0 Å². The molecule has 5 heteroatoms. The van der Waals surface area contributed by atoms with Crippen LogP contribution in [0.15, 0.2) is 41.3 Å². The Kier molecular flexibility index (Phi) is 3.98. The van der Waals surface area contributed by atoms with Crippen molar-refractivity contribution in [2.24, 2.45) is 5.92 Å². The number of carbonyl (C=O) groups is 1. The largest absolute Gasteiger partial charge is 0.477 e. The molecular formula is C15H16N2O3. The van der Waals surface area contributed by atoms with Gasteiger partial charge < -0.3 is 9.67 Å². The molecule has 0 aliphatic carbocycles. The van der Waals surface area contributed by atoms with Gasteiger partial charge in [0.25, 0.3) is 5.56 Å². The van der Waals surface area contributed by atoms with Gasteiger partial charge in [-0.2, -0.15) is 0 Å². The number of nitrogens with zero attached hydrogens (tertiary/aromatic N) is 2. The Hall–Kier alpha value is -2.43. The standard InChI is InChI=1S/C15H16N2O3/c1-10(2)9-17-13(12-5-3-4-8-16-12)7-6-11(14(17)18)15(19)20/h3-8,10H,9H2,1-2H3,(H,19,20). The summed E-state index contributed by atoms with van der Waals surface area (Å²) < 4.78 is 1.48. The minimum Gasteiger partial charge on any atom is -0.477 e. The molecule has 20 heavy (non-hydrogen) atoms. The third-order valence-corrected chi connectivity index (χ3v) is 2.88. The summed E-state index contributed by atoms with van der Waals surface area (Å²) in [5.41, 5.74) is 0.580. The van der Waals surface area contributed by atoms with Crippen LogP contribution in [-0.2, 0) is 6.54 Å². The van der Waals surface area contributed by atoms with Crippen LogP contribution in [0.25, 0.3) is 11.4 Å². The summed E-state index contributed by atoms with van der Waals surface area (Å²) in [6.07, 6.45) is 1.64. The van der Waals surface area contributed by atoms with Crippen LogP contribution >= 0.6 is 0 Å². The van der Waals surface area contributed by atoms with Crippen molar-refractivity contribution in [1.29, 1.82) is 0 Å². The number of carboxylic acid groups (broad SMARTS) is 1. The van der Waals surface area contributed by atoms with Gasteiger partial charge in [-0.15, -0.1) is 0 Å². The smallest absolute Gasteiger partial charge is 0.341 e. The first kappa shape index (κ1) is 14.0. The highest BCUT2D eigenvalue weighted by Gasteiger charge is 2.16. The summed E-state index contributed by atoms with van der Waals surface area (Å²) in [7, 11) is 0. The molecule has 0 aliphatic heterocycles. The molecule has 0 bridgehead atoms. The zero-order valence-electron chi connectivity index (χ0n) is 11.4. The topological polar surface area (TPSA) is 72.2 Å². The average Bonchev–Trinajstić information content (AvgIpc) is 2.41. The van der Waals surface area contributed by atoms with Gasteiger partial charge in [0.2, 0.25) is 0 Å². The summed E-state index contributed by atoms with van der Waals surface area (Å²) in [5, 5.41) is 9.06. The maximum Gasteiger partial charge on any atom is 0.341 e. The van der Waals surface area contributed by atoms with Gasteiger partial charge in [-0.1, -0.05) is 19.9 Å². The zero-order valence-corrected chi connectivity index (χ0v) is 11.4. The Labute approximate surface area is 116 Å². The van der Waals surface area contributed by atoms with E-state index in [1.165, 1.54) is 10.6 Å². The van der Waals surface area contributed by atoms with Gasteiger partial charge >= 0.3 is 5.97 Å². The van der Waals surface area contributed by atoms with E-state index >= 15 is 0 Å². The van der Waals surface area contributed by atoms with Crippen LogP contribution in [0.5, 0.6) is 0 Å². The second-order valence-electron chi connectivity index (χ2n) is 4.96. The van der Waals surface area contributed by atoms with Crippen molar-refractivity contribution in [3.8, 4) is 11.4 Å².